The number of para-hydroxylation sites is 1. The molecule has 1 atom stereocenters. The van der Waals surface area contributed by atoms with Crippen LogP contribution in [-0.2, 0) is 4.79 Å². The van der Waals surface area contributed by atoms with Crippen molar-refractivity contribution < 1.29 is 9.18 Å². The molecule has 2 N–H and O–H groups in total. The van der Waals surface area contributed by atoms with Crippen LogP contribution in [-0.4, -0.2) is 66.6 Å². The van der Waals surface area contributed by atoms with Gasteiger partial charge in [0.15, 0.2) is 0 Å². The Kier molecular flexibility index (Phi) is 5.29. The third-order valence-electron chi connectivity index (χ3n) is 5.26. The molecule has 2 aliphatic heterocycles. The van der Waals surface area contributed by atoms with Crippen molar-refractivity contribution in [2.45, 2.75) is 38.3 Å². The van der Waals surface area contributed by atoms with Gasteiger partial charge in [-0.1, -0.05) is 12.1 Å². The highest BCUT2D eigenvalue weighted by molar-refractivity contribution is 5.85. The van der Waals surface area contributed by atoms with Crippen molar-refractivity contribution in [2.24, 2.45) is 5.73 Å². The van der Waals surface area contributed by atoms with Gasteiger partial charge in [0.05, 0.1) is 11.2 Å². The van der Waals surface area contributed by atoms with E-state index in [1.165, 1.54) is 6.07 Å². The average Bonchev–Trinajstić information content (AvgIpc) is 2.61. The van der Waals surface area contributed by atoms with Crippen molar-refractivity contribution in [1.29, 1.82) is 0 Å². The number of anilines is 1. The first-order valence-electron chi connectivity index (χ1n) is 9.18. The minimum atomic E-state index is -0.814. The number of hydrogen-bond donors (Lipinski definition) is 1. The Bertz CT molecular complexity index is 608. The van der Waals surface area contributed by atoms with E-state index in [0.717, 1.165) is 52.1 Å². The molecule has 2 saturated heterocycles. The quantitative estimate of drug-likeness (QED) is 0.903. The van der Waals surface area contributed by atoms with Crippen LogP contribution in [0.15, 0.2) is 24.3 Å². The van der Waals surface area contributed by atoms with E-state index in [1.807, 2.05) is 17.0 Å². The van der Waals surface area contributed by atoms with Crippen molar-refractivity contribution in [1.82, 2.24) is 9.80 Å². The van der Waals surface area contributed by atoms with Crippen LogP contribution in [0.3, 0.4) is 0 Å². The van der Waals surface area contributed by atoms with E-state index >= 15 is 0 Å². The van der Waals surface area contributed by atoms with E-state index < -0.39 is 5.54 Å². The lowest BCUT2D eigenvalue weighted by atomic mass is 9.99. The molecule has 0 unspecified atom stereocenters. The zero-order valence-corrected chi connectivity index (χ0v) is 15.2. The first-order valence-corrected chi connectivity index (χ1v) is 9.18. The minimum absolute atomic E-state index is 0.0298. The molecule has 2 heterocycles. The standard InChI is InChI=1S/C19H29FN4O/c1-19(2,21)18(25)24-9-5-6-15(14-24)22-10-12-23(13-11-22)17-8-4-3-7-16(17)20/h3-4,7-8,15H,5-6,9-14,21H2,1-2H3/t15-/m1/s1. The van der Waals surface area contributed by atoms with Gasteiger partial charge in [0.25, 0.3) is 0 Å². The molecule has 6 heteroatoms. The number of nitrogens with zero attached hydrogens (tertiary/aromatic N) is 3. The maximum Gasteiger partial charge on any atom is 0.242 e. The predicted octanol–water partition coefficient (Wildman–Crippen LogP) is 1.68. The summed E-state index contributed by atoms with van der Waals surface area (Å²) in [6.45, 7) is 8.50. The number of amides is 1. The lowest BCUT2D eigenvalue weighted by Gasteiger charge is -2.44. The first-order chi connectivity index (χ1) is 11.9. The second-order valence-electron chi connectivity index (χ2n) is 7.74. The van der Waals surface area contributed by atoms with Crippen LogP contribution in [0, 0.1) is 5.82 Å². The van der Waals surface area contributed by atoms with Crippen molar-refractivity contribution in [2.75, 3.05) is 44.2 Å². The number of nitrogens with two attached hydrogens (primary N) is 1. The summed E-state index contributed by atoms with van der Waals surface area (Å²) in [6, 6.07) is 7.34. The predicted molar refractivity (Wildman–Crippen MR) is 98.1 cm³/mol. The normalized spacial score (nSPS) is 23.0. The Balaban J connectivity index is 1.58. The molecule has 25 heavy (non-hydrogen) atoms. The Morgan fingerprint density at radius 2 is 1.84 bits per heavy atom. The van der Waals surface area contributed by atoms with Crippen LogP contribution in [0.4, 0.5) is 10.1 Å². The van der Waals surface area contributed by atoms with Crippen LogP contribution in [0.25, 0.3) is 0 Å². The molecule has 0 saturated carbocycles. The molecular weight excluding hydrogens is 319 g/mol. The molecule has 2 aliphatic rings. The molecule has 0 radical (unpaired) electrons. The molecule has 1 aromatic rings. The van der Waals surface area contributed by atoms with Gasteiger partial charge in [-0.3, -0.25) is 9.69 Å². The van der Waals surface area contributed by atoms with Crippen molar-refractivity contribution in [3.8, 4) is 0 Å². The summed E-state index contributed by atoms with van der Waals surface area (Å²) in [5.41, 5.74) is 5.86. The van der Waals surface area contributed by atoms with Gasteiger partial charge in [0, 0.05) is 45.3 Å². The summed E-state index contributed by atoms with van der Waals surface area (Å²) >= 11 is 0. The van der Waals surface area contributed by atoms with E-state index in [-0.39, 0.29) is 11.7 Å². The summed E-state index contributed by atoms with van der Waals surface area (Å²) in [5, 5.41) is 0. The summed E-state index contributed by atoms with van der Waals surface area (Å²) in [4.78, 5) is 18.9. The highest BCUT2D eigenvalue weighted by Gasteiger charge is 2.34. The van der Waals surface area contributed by atoms with Gasteiger partial charge in [-0.15, -0.1) is 0 Å². The molecule has 2 fully saturated rings. The van der Waals surface area contributed by atoms with Gasteiger partial charge in [0.1, 0.15) is 5.82 Å². The van der Waals surface area contributed by atoms with Crippen LogP contribution in [0.5, 0.6) is 0 Å². The highest BCUT2D eigenvalue weighted by Crippen LogP contribution is 2.23. The largest absolute Gasteiger partial charge is 0.367 e. The summed E-state index contributed by atoms with van der Waals surface area (Å²) in [5.74, 6) is -0.127. The zero-order chi connectivity index (χ0) is 18.0. The number of hydrogen-bond acceptors (Lipinski definition) is 4. The van der Waals surface area contributed by atoms with E-state index in [0.29, 0.717) is 11.7 Å². The Morgan fingerprint density at radius 1 is 1.16 bits per heavy atom. The lowest BCUT2D eigenvalue weighted by Crippen LogP contribution is -2.59. The number of benzene rings is 1. The van der Waals surface area contributed by atoms with E-state index in [4.69, 9.17) is 5.73 Å². The maximum absolute atomic E-state index is 14.0. The molecule has 138 valence electrons. The summed E-state index contributed by atoms with van der Waals surface area (Å²) < 4.78 is 14.0. The fraction of sp³-hybridized carbons (Fsp3) is 0.632. The molecule has 0 aromatic heterocycles. The smallest absolute Gasteiger partial charge is 0.242 e. The fourth-order valence-electron chi connectivity index (χ4n) is 3.88. The maximum atomic E-state index is 14.0. The SMILES string of the molecule is CC(C)(N)C(=O)N1CCC[C@@H](N2CCN(c3ccccc3F)CC2)C1. The molecule has 3 rings (SSSR count). The molecule has 1 amide bonds. The fourth-order valence-corrected chi connectivity index (χ4v) is 3.88. The summed E-state index contributed by atoms with van der Waals surface area (Å²) in [7, 11) is 0. The number of halogens is 1. The molecule has 0 spiro atoms. The number of piperidine rings is 1. The van der Waals surface area contributed by atoms with Crippen LogP contribution in [0.1, 0.15) is 26.7 Å². The number of rotatable bonds is 3. The average molecular weight is 348 g/mol. The molecule has 1 aromatic carbocycles. The Morgan fingerprint density at radius 3 is 2.48 bits per heavy atom. The minimum Gasteiger partial charge on any atom is -0.367 e. The van der Waals surface area contributed by atoms with Crippen LogP contribution < -0.4 is 10.6 Å². The third kappa shape index (κ3) is 4.12. The summed E-state index contributed by atoms with van der Waals surface area (Å²) in [6.07, 6.45) is 2.12. The second kappa shape index (κ2) is 7.30. The van der Waals surface area contributed by atoms with Crippen LogP contribution in [0.2, 0.25) is 0 Å². The second-order valence-corrected chi connectivity index (χ2v) is 7.74. The number of carbonyl (C=O) groups is 1. The van der Waals surface area contributed by atoms with Gasteiger partial charge >= 0.3 is 0 Å². The van der Waals surface area contributed by atoms with Crippen molar-refractivity contribution >= 4 is 11.6 Å². The monoisotopic (exact) mass is 348 g/mol. The van der Waals surface area contributed by atoms with E-state index in [2.05, 4.69) is 9.80 Å². The third-order valence-corrected chi connectivity index (χ3v) is 5.26. The molecule has 5 nitrogen and oxygen atoms in total. The van der Waals surface area contributed by atoms with E-state index in [9.17, 15) is 9.18 Å². The first kappa shape index (κ1) is 18.1. The molecular formula is C19H29FN4O. The molecule has 0 bridgehead atoms. The van der Waals surface area contributed by atoms with E-state index in [1.54, 1.807) is 19.9 Å². The lowest BCUT2D eigenvalue weighted by molar-refractivity contribution is -0.138. The van der Waals surface area contributed by atoms with Crippen LogP contribution >= 0.6 is 0 Å². The zero-order valence-electron chi connectivity index (χ0n) is 15.2. The highest BCUT2D eigenvalue weighted by atomic mass is 19.1. The Labute approximate surface area is 149 Å². The van der Waals surface area contributed by atoms with Gasteiger partial charge in [0.2, 0.25) is 5.91 Å². The van der Waals surface area contributed by atoms with Crippen molar-refractivity contribution in [3.63, 3.8) is 0 Å². The number of piperazine rings is 1. The number of likely N-dealkylation sites (tertiary alicyclic amines) is 1. The van der Waals surface area contributed by atoms with Gasteiger partial charge < -0.3 is 15.5 Å². The molecule has 0 aliphatic carbocycles. The van der Waals surface area contributed by atoms with Crippen molar-refractivity contribution in [3.05, 3.63) is 30.1 Å². The van der Waals surface area contributed by atoms with Gasteiger partial charge in [-0.05, 0) is 38.8 Å². The van der Waals surface area contributed by atoms with Gasteiger partial charge in [-0.2, -0.15) is 0 Å². The van der Waals surface area contributed by atoms with Gasteiger partial charge in [-0.25, -0.2) is 4.39 Å². The Hall–Kier alpha value is -1.66. The number of carbonyl (C=O) groups excluding carboxylic acids is 1. The topological polar surface area (TPSA) is 52.8 Å².